The lowest BCUT2D eigenvalue weighted by atomic mass is 9.89. The number of aliphatic hydroxyl groups is 2. The summed E-state index contributed by atoms with van der Waals surface area (Å²) in [5.41, 5.74) is 1.89. The van der Waals surface area contributed by atoms with Gasteiger partial charge in [0.2, 0.25) is 0 Å². The van der Waals surface area contributed by atoms with E-state index < -0.39 is 18.1 Å². The van der Waals surface area contributed by atoms with Gasteiger partial charge in [-0.1, -0.05) is 47.0 Å². The molecular formula is C22H27BrO4. The molecule has 2 aromatic rings. The molecule has 3 atom stereocenters. The van der Waals surface area contributed by atoms with E-state index in [1.165, 1.54) is 6.26 Å². The molecule has 0 radical (unpaired) electrons. The first-order valence-electron chi connectivity index (χ1n) is 9.16. The molecule has 3 N–H and O–H groups in total. The van der Waals surface area contributed by atoms with Crippen LogP contribution >= 0.6 is 15.9 Å². The highest BCUT2D eigenvalue weighted by molar-refractivity contribution is 9.10. The zero-order valence-corrected chi connectivity index (χ0v) is 17.1. The van der Waals surface area contributed by atoms with Crippen molar-refractivity contribution >= 4 is 22.0 Å². The molecule has 0 spiro atoms. The molecule has 0 aliphatic heterocycles. The van der Waals surface area contributed by atoms with Gasteiger partial charge in [-0.3, -0.25) is 0 Å². The Labute approximate surface area is 169 Å². The molecule has 0 saturated carbocycles. The number of hydrogen-bond donors (Lipinski definition) is 3. The summed E-state index contributed by atoms with van der Waals surface area (Å²) in [7, 11) is 0. The molecule has 0 amide bonds. The lowest BCUT2D eigenvalue weighted by molar-refractivity contribution is 0.0207. The smallest absolute Gasteiger partial charge is 0.132 e. The molecule has 0 fully saturated rings. The molecule has 1 heterocycles. The predicted octanol–water partition coefficient (Wildman–Crippen LogP) is 5.61. The van der Waals surface area contributed by atoms with Crippen LogP contribution in [0.4, 0.5) is 0 Å². The maximum atomic E-state index is 10.6. The maximum absolute atomic E-state index is 10.6. The van der Waals surface area contributed by atoms with Crippen molar-refractivity contribution in [1.82, 2.24) is 0 Å². The molecule has 146 valence electrons. The minimum atomic E-state index is -0.930. The lowest BCUT2D eigenvalue weighted by Crippen LogP contribution is -2.25. The summed E-state index contributed by atoms with van der Waals surface area (Å²) >= 11 is 3.42. The molecule has 0 unspecified atom stereocenters. The third kappa shape index (κ3) is 6.09. The van der Waals surface area contributed by atoms with Crippen LogP contribution in [0.2, 0.25) is 0 Å². The van der Waals surface area contributed by atoms with E-state index >= 15 is 0 Å². The predicted molar refractivity (Wildman–Crippen MR) is 111 cm³/mol. The van der Waals surface area contributed by atoms with E-state index in [-0.39, 0.29) is 5.75 Å². The van der Waals surface area contributed by atoms with E-state index in [1.54, 1.807) is 30.3 Å². The van der Waals surface area contributed by atoms with Gasteiger partial charge in [0.1, 0.15) is 17.6 Å². The largest absolute Gasteiger partial charge is 0.507 e. The van der Waals surface area contributed by atoms with Crippen LogP contribution in [0.3, 0.4) is 0 Å². The molecule has 27 heavy (non-hydrogen) atoms. The van der Waals surface area contributed by atoms with Crippen LogP contribution in [0.15, 0.2) is 63.7 Å². The summed E-state index contributed by atoms with van der Waals surface area (Å²) in [6.45, 7) is 5.85. The van der Waals surface area contributed by atoms with Gasteiger partial charge >= 0.3 is 0 Å². The van der Waals surface area contributed by atoms with Crippen molar-refractivity contribution in [1.29, 1.82) is 0 Å². The van der Waals surface area contributed by atoms with Gasteiger partial charge in [0.15, 0.2) is 0 Å². The molecule has 0 saturated heterocycles. The molecule has 5 heteroatoms. The van der Waals surface area contributed by atoms with Crippen molar-refractivity contribution in [2.75, 3.05) is 0 Å². The molecular weight excluding hydrogens is 408 g/mol. The van der Waals surface area contributed by atoms with Crippen molar-refractivity contribution in [2.24, 2.45) is 5.92 Å². The molecule has 1 aromatic carbocycles. The van der Waals surface area contributed by atoms with E-state index in [0.717, 1.165) is 28.5 Å². The van der Waals surface area contributed by atoms with Gasteiger partial charge < -0.3 is 19.7 Å². The van der Waals surface area contributed by atoms with E-state index in [9.17, 15) is 15.3 Å². The highest BCUT2D eigenvalue weighted by Gasteiger charge is 2.27. The highest BCUT2D eigenvalue weighted by Crippen LogP contribution is 2.30. The van der Waals surface area contributed by atoms with Gasteiger partial charge in [0, 0.05) is 16.0 Å². The molecule has 0 aliphatic rings. The van der Waals surface area contributed by atoms with Gasteiger partial charge in [0.05, 0.1) is 12.4 Å². The molecule has 0 aliphatic carbocycles. The Kier molecular flexibility index (Phi) is 8.35. The summed E-state index contributed by atoms with van der Waals surface area (Å²) in [6.07, 6.45) is 6.35. The number of phenolic OH excluding ortho intramolecular Hbond substituents is 1. The fraction of sp³-hybridized carbons (Fsp3) is 0.364. The Morgan fingerprint density at radius 3 is 2.67 bits per heavy atom. The van der Waals surface area contributed by atoms with Crippen molar-refractivity contribution in [3.8, 4) is 5.75 Å². The highest BCUT2D eigenvalue weighted by atomic mass is 79.9. The van der Waals surface area contributed by atoms with Gasteiger partial charge in [0.25, 0.3) is 0 Å². The topological polar surface area (TPSA) is 73.8 Å². The Hall–Kier alpha value is -1.82. The molecule has 2 rings (SSSR count). The van der Waals surface area contributed by atoms with Crippen molar-refractivity contribution in [2.45, 2.75) is 44.8 Å². The summed E-state index contributed by atoms with van der Waals surface area (Å²) in [5, 5.41) is 31.1. The van der Waals surface area contributed by atoms with E-state index in [2.05, 4.69) is 29.4 Å². The van der Waals surface area contributed by atoms with Gasteiger partial charge in [-0.15, -0.1) is 6.58 Å². The zero-order valence-electron chi connectivity index (χ0n) is 15.5. The van der Waals surface area contributed by atoms with Crippen LogP contribution in [0.1, 0.15) is 50.0 Å². The van der Waals surface area contributed by atoms with Crippen LogP contribution < -0.4 is 0 Å². The number of benzene rings is 1. The monoisotopic (exact) mass is 434 g/mol. The van der Waals surface area contributed by atoms with Crippen LogP contribution in [0, 0.1) is 5.92 Å². The first-order valence-corrected chi connectivity index (χ1v) is 9.95. The standard InChI is InChI=1S/C22H27BrO4/c1-3-6-15(13-16-14-17(23)9-11-19(16)24)8-10-20(25)18(4-2)22(26)21-7-5-12-27-21/h4-5,7,9,11-14,18,20,22,24-26H,2-3,6,8,10H2,1H3/b15-13+/t18-,20-,22+/m1/s1. The Morgan fingerprint density at radius 1 is 1.26 bits per heavy atom. The second-order valence-corrected chi connectivity index (χ2v) is 7.55. The van der Waals surface area contributed by atoms with Crippen molar-refractivity contribution in [3.63, 3.8) is 0 Å². The first kappa shape index (κ1) is 21.5. The number of rotatable bonds is 10. The number of aromatic hydroxyl groups is 1. The molecule has 1 aromatic heterocycles. The Bertz CT molecular complexity index is 752. The minimum Gasteiger partial charge on any atom is -0.507 e. The third-order valence-electron chi connectivity index (χ3n) is 4.60. The number of aliphatic hydroxyl groups excluding tert-OH is 2. The Balaban J connectivity index is 2.08. The molecule has 0 bridgehead atoms. The number of phenols is 1. The number of hydrogen-bond acceptors (Lipinski definition) is 4. The molecule has 4 nitrogen and oxygen atoms in total. The SMILES string of the molecule is C=C[C@H]([C@H](O)CC/C(=C/c1cc(Br)ccc1O)CCC)[C@H](O)c1ccco1. The van der Waals surface area contributed by atoms with Gasteiger partial charge in [-0.2, -0.15) is 0 Å². The van der Waals surface area contributed by atoms with Gasteiger partial charge in [-0.25, -0.2) is 0 Å². The Morgan fingerprint density at radius 2 is 2.04 bits per heavy atom. The number of halogens is 1. The fourth-order valence-electron chi connectivity index (χ4n) is 3.12. The van der Waals surface area contributed by atoms with Crippen LogP contribution in [-0.4, -0.2) is 21.4 Å². The van der Waals surface area contributed by atoms with E-state index in [0.29, 0.717) is 18.6 Å². The summed E-state index contributed by atoms with van der Waals surface area (Å²) in [5.74, 6) is 0.130. The van der Waals surface area contributed by atoms with Crippen molar-refractivity contribution in [3.05, 3.63) is 70.6 Å². The zero-order chi connectivity index (χ0) is 19.8. The number of allylic oxidation sites excluding steroid dienone is 1. The number of furan rings is 1. The average Bonchev–Trinajstić information content (AvgIpc) is 3.18. The minimum absolute atomic E-state index is 0.226. The third-order valence-corrected chi connectivity index (χ3v) is 5.09. The summed E-state index contributed by atoms with van der Waals surface area (Å²) in [6, 6.07) is 8.71. The second kappa shape index (κ2) is 10.5. The lowest BCUT2D eigenvalue weighted by Gasteiger charge is -2.24. The average molecular weight is 435 g/mol. The fourth-order valence-corrected chi connectivity index (χ4v) is 3.50. The first-order chi connectivity index (χ1) is 13.0. The normalized spacial score (nSPS) is 15.3. The second-order valence-electron chi connectivity index (χ2n) is 6.64. The van der Waals surface area contributed by atoms with Crippen LogP contribution in [0.5, 0.6) is 5.75 Å². The van der Waals surface area contributed by atoms with Crippen molar-refractivity contribution < 1.29 is 19.7 Å². The summed E-state index contributed by atoms with van der Waals surface area (Å²) < 4.78 is 6.14. The van der Waals surface area contributed by atoms with E-state index in [1.807, 2.05) is 12.1 Å². The quantitative estimate of drug-likeness (QED) is 0.424. The van der Waals surface area contributed by atoms with E-state index in [4.69, 9.17) is 4.42 Å². The summed E-state index contributed by atoms with van der Waals surface area (Å²) in [4.78, 5) is 0. The maximum Gasteiger partial charge on any atom is 0.132 e. The van der Waals surface area contributed by atoms with Gasteiger partial charge in [-0.05, 0) is 49.6 Å². The van der Waals surface area contributed by atoms with Crippen LogP contribution in [0.25, 0.3) is 6.08 Å². The van der Waals surface area contributed by atoms with Crippen LogP contribution in [-0.2, 0) is 0 Å².